The van der Waals surface area contributed by atoms with E-state index in [1.807, 2.05) is 12.1 Å². The van der Waals surface area contributed by atoms with E-state index in [-0.39, 0.29) is 11.8 Å². The van der Waals surface area contributed by atoms with E-state index in [4.69, 9.17) is 16.3 Å². The molecule has 3 rings (SSSR count). The average Bonchev–Trinajstić information content (AvgIpc) is 3.38. The molecule has 1 aromatic rings. The molecular formula is C18H25ClN2O2. The first-order valence-corrected chi connectivity index (χ1v) is 8.84. The molecule has 23 heavy (non-hydrogen) atoms. The molecule has 1 atom stereocenters. The van der Waals surface area contributed by atoms with E-state index >= 15 is 0 Å². The van der Waals surface area contributed by atoms with Crippen LogP contribution in [0.5, 0.6) is 5.75 Å². The Hall–Kier alpha value is -1.26. The lowest BCUT2D eigenvalue weighted by atomic mass is 9.94. The normalized spacial score (nSPS) is 21.0. The predicted octanol–water partition coefficient (Wildman–Crippen LogP) is 3.40. The molecule has 1 N–H and O–H groups in total. The SMILES string of the molecule is COc1ccc(C(C)N2CCC(C(=O)NC3CC3)CC2)cc1Cl. The van der Waals surface area contributed by atoms with Gasteiger partial charge in [0, 0.05) is 18.0 Å². The van der Waals surface area contributed by atoms with Crippen LogP contribution in [0.1, 0.15) is 44.2 Å². The molecule has 1 amide bonds. The first-order chi connectivity index (χ1) is 11.1. The minimum absolute atomic E-state index is 0.179. The van der Waals surface area contributed by atoms with Crippen LogP contribution in [0.15, 0.2) is 18.2 Å². The lowest BCUT2D eigenvalue weighted by Gasteiger charge is -2.35. The number of amides is 1. The molecule has 126 valence electrons. The van der Waals surface area contributed by atoms with E-state index in [0.717, 1.165) is 38.8 Å². The monoisotopic (exact) mass is 336 g/mol. The number of hydrogen-bond acceptors (Lipinski definition) is 3. The van der Waals surface area contributed by atoms with Crippen molar-refractivity contribution in [2.75, 3.05) is 20.2 Å². The van der Waals surface area contributed by atoms with Crippen LogP contribution in [-0.2, 0) is 4.79 Å². The quantitative estimate of drug-likeness (QED) is 0.896. The molecule has 1 saturated heterocycles. The second kappa shape index (κ2) is 7.10. The van der Waals surface area contributed by atoms with Crippen LogP contribution >= 0.6 is 11.6 Å². The van der Waals surface area contributed by atoms with E-state index in [9.17, 15) is 4.79 Å². The van der Waals surface area contributed by atoms with Crippen molar-refractivity contribution in [2.45, 2.75) is 44.7 Å². The number of ether oxygens (including phenoxy) is 1. The first kappa shape index (κ1) is 16.6. The van der Waals surface area contributed by atoms with E-state index in [2.05, 4.69) is 23.2 Å². The topological polar surface area (TPSA) is 41.6 Å². The van der Waals surface area contributed by atoms with E-state index < -0.39 is 0 Å². The third kappa shape index (κ3) is 3.99. The van der Waals surface area contributed by atoms with Gasteiger partial charge in [-0.25, -0.2) is 0 Å². The smallest absolute Gasteiger partial charge is 0.223 e. The molecule has 1 saturated carbocycles. The predicted molar refractivity (Wildman–Crippen MR) is 91.9 cm³/mol. The maximum Gasteiger partial charge on any atom is 0.223 e. The molecule has 0 bridgehead atoms. The molecule has 0 spiro atoms. The first-order valence-electron chi connectivity index (χ1n) is 8.46. The van der Waals surface area contributed by atoms with Gasteiger partial charge in [-0.3, -0.25) is 9.69 Å². The molecule has 0 aromatic heterocycles. The summed E-state index contributed by atoms with van der Waals surface area (Å²) >= 11 is 6.24. The highest BCUT2D eigenvalue weighted by atomic mass is 35.5. The van der Waals surface area contributed by atoms with Crippen LogP contribution in [0.25, 0.3) is 0 Å². The zero-order valence-electron chi connectivity index (χ0n) is 13.8. The fourth-order valence-corrected chi connectivity index (χ4v) is 3.52. The third-order valence-electron chi connectivity index (χ3n) is 5.03. The van der Waals surface area contributed by atoms with Crippen molar-refractivity contribution in [1.29, 1.82) is 0 Å². The van der Waals surface area contributed by atoms with Crippen LogP contribution in [0.3, 0.4) is 0 Å². The molecule has 4 nitrogen and oxygen atoms in total. The van der Waals surface area contributed by atoms with Crippen molar-refractivity contribution in [2.24, 2.45) is 5.92 Å². The van der Waals surface area contributed by atoms with Crippen molar-refractivity contribution in [3.63, 3.8) is 0 Å². The van der Waals surface area contributed by atoms with Gasteiger partial charge in [-0.1, -0.05) is 17.7 Å². The summed E-state index contributed by atoms with van der Waals surface area (Å²) in [6, 6.07) is 6.73. The van der Waals surface area contributed by atoms with Crippen LogP contribution in [0.2, 0.25) is 5.02 Å². The van der Waals surface area contributed by atoms with Gasteiger partial charge in [0.05, 0.1) is 12.1 Å². The summed E-state index contributed by atoms with van der Waals surface area (Å²) in [4.78, 5) is 14.6. The molecule has 2 aliphatic rings. The number of piperidine rings is 1. The highest BCUT2D eigenvalue weighted by Crippen LogP contribution is 2.32. The van der Waals surface area contributed by atoms with Gasteiger partial charge >= 0.3 is 0 Å². The Morgan fingerprint density at radius 1 is 1.30 bits per heavy atom. The zero-order valence-corrected chi connectivity index (χ0v) is 14.6. The highest BCUT2D eigenvalue weighted by Gasteiger charge is 2.31. The minimum atomic E-state index is 0.179. The maximum absolute atomic E-state index is 12.1. The van der Waals surface area contributed by atoms with Crippen molar-refractivity contribution < 1.29 is 9.53 Å². The number of likely N-dealkylation sites (tertiary alicyclic amines) is 1. The van der Waals surface area contributed by atoms with Crippen LogP contribution in [-0.4, -0.2) is 37.0 Å². The molecule has 1 aliphatic heterocycles. The Morgan fingerprint density at radius 3 is 2.57 bits per heavy atom. The Labute approximate surface area is 143 Å². The van der Waals surface area contributed by atoms with E-state index in [1.54, 1.807) is 7.11 Å². The summed E-state index contributed by atoms with van der Waals surface area (Å²) in [5, 5.41) is 3.78. The zero-order chi connectivity index (χ0) is 16.4. The van der Waals surface area contributed by atoms with Crippen LogP contribution in [0.4, 0.5) is 0 Å². The summed E-state index contributed by atoms with van der Waals surface area (Å²) in [6.07, 6.45) is 4.18. The number of rotatable bonds is 5. The summed E-state index contributed by atoms with van der Waals surface area (Å²) in [6.45, 7) is 4.10. The number of halogens is 1. The van der Waals surface area contributed by atoms with Gasteiger partial charge in [0.1, 0.15) is 5.75 Å². The standard InChI is InChI=1S/C18H25ClN2O2/c1-12(14-3-6-17(23-2)16(19)11-14)21-9-7-13(8-10-21)18(22)20-15-4-5-15/h3,6,11-13,15H,4-5,7-10H2,1-2H3,(H,20,22). The molecule has 1 aromatic carbocycles. The van der Waals surface area contributed by atoms with Crippen LogP contribution < -0.4 is 10.1 Å². The molecule has 1 aliphatic carbocycles. The summed E-state index contributed by atoms with van der Waals surface area (Å²) in [5.41, 5.74) is 1.19. The lowest BCUT2D eigenvalue weighted by Crippen LogP contribution is -2.41. The second-order valence-corrected chi connectivity index (χ2v) is 7.07. The third-order valence-corrected chi connectivity index (χ3v) is 5.33. The van der Waals surface area contributed by atoms with Crippen molar-refractivity contribution in [3.05, 3.63) is 28.8 Å². The number of carbonyl (C=O) groups is 1. The largest absolute Gasteiger partial charge is 0.495 e. The summed E-state index contributed by atoms with van der Waals surface area (Å²) in [7, 11) is 1.63. The molecule has 0 radical (unpaired) electrons. The lowest BCUT2D eigenvalue weighted by molar-refractivity contribution is -0.126. The average molecular weight is 337 g/mol. The summed E-state index contributed by atoms with van der Waals surface area (Å²) < 4.78 is 5.21. The van der Waals surface area contributed by atoms with Crippen molar-refractivity contribution in [1.82, 2.24) is 10.2 Å². The fourth-order valence-electron chi connectivity index (χ4n) is 3.25. The maximum atomic E-state index is 12.1. The van der Waals surface area contributed by atoms with Gasteiger partial charge in [0.15, 0.2) is 0 Å². The van der Waals surface area contributed by atoms with Crippen molar-refractivity contribution in [3.8, 4) is 5.75 Å². The number of methoxy groups -OCH3 is 1. The van der Waals surface area contributed by atoms with Gasteiger partial charge in [0.25, 0.3) is 0 Å². The van der Waals surface area contributed by atoms with Gasteiger partial charge in [-0.2, -0.15) is 0 Å². The van der Waals surface area contributed by atoms with Crippen molar-refractivity contribution >= 4 is 17.5 Å². The minimum Gasteiger partial charge on any atom is -0.495 e. The van der Waals surface area contributed by atoms with Gasteiger partial charge < -0.3 is 10.1 Å². The Morgan fingerprint density at radius 2 is 2.00 bits per heavy atom. The fraction of sp³-hybridized carbons (Fsp3) is 0.611. The Bertz CT molecular complexity index is 566. The van der Waals surface area contributed by atoms with Crippen LogP contribution in [0, 0.1) is 5.92 Å². The number of hydrogen-bond donors (Lipinski definition) is 1. The number of carbonyl (C=O) groups excluding carboxylic acids is 1. The second-order valence-electron chi connectivity index (χ2n) is 6.66. The van der Waals surface area contributed by atoms with Gasteiger partial charge in [-0.05, 0) is 63.4 Å². The molecule has 1 unspecified atom stereocenters. The number of nitrogens with one attached hydrogen (secondary N) is 1. The molecule has 5 heteroatoms. The number of benzene rings is 1. The van der Waals surface area contributed by atoms with Gasteiger partial charge in [-0.15, -0.1) is 0 Å². The van der Waals surface area contributed by atoms with E-state index in [0.29, 0.717) is 22.9 Å². The highest BCUT2D eigenvalue weighted by molar-refractivity contribution is 6.32. The Balaban J connectivity index is 1.56. The molecular weight excluding hydrogens is 312 g/mol. The summed E-state index contributed by atoms with van der Waals surface area (Å²) in [5.74, 6) is 1.14. The number of nitrogens with zero attached hydrogens (tertiary/aromatic N) is 1. The van der Waals surface area contributed by atoms with E-state index in [1.165, 1.54) is 5.56 Å². The van der Waals surface area contributed by atoms with Gasteiger partial charge in [0.2, 0.25) is 5.91 Å². The molecule has 1 heterocycles. The Kier molecular flexibility index (Phi) is 5.12. The molecule has 2 fully saturated rings.